The van der Waals surface area contributed by atoms with Gasteiger partial charge in [0.15, 0.2) is 5.78 Å². The molecule has 4 heteroatoms. The zero-order chi connectivity index (χ0) is 16.2. The number of hydrogen-bond acceptors (Lipinski definition) is 4. The summed E-state index contributed by atoms with van der Waals surface area (Å²) >= 11 is 0. The normalized spacial score (nSPS) is 42.5. The minimum atomic E-state index is 0.0605. The minimum absolute atomic E-state index is 0.0605. The fourth-order valence-corrected chi connectivity index (χ4v) is 5.32. The van der Waals surface area contributed by atoms with E-state index in [2.05, 4.69) is 43.4 Å². The molecule has 2 N–H and O–H groups in total. The number of nitrogens with one attached hydrogen (secondary N) is 2. The van der Waals surface area contributed by atoms with Gasteiger partial charge in [-0.3, -0.25) is 15.0 Å². The SMILES string of the molecule is CC(C)C(=O)C1C(C(C)(C)C)C2C3CNCCC3NC2N1C. The molecule has 0 aromatic heterocycles. The molecule has 0 spiro atoms. The zero-order valence-corrected chi connectivity index (χ0v) is 15.0. The van der Waals surface area contributed by atoms with Crippen LogP contribution in [0.25, 0.3) is 0 Å². The highest BCUT2D eigenvalue weighted by Crippen LogP contribution is 2.52. The first-order chi connectivity index (χ1) is 10.2. The lowest BCUT2D eigenvalue weighted by Crippen LogP contribution is -2.52. The number of likely N-dealkylation sites (N-methyl/N-ethyl adjacent to an activating group) is 1. The summed E-state index contributed by atoms with van der Waals surface area (Å²) in [5.74, 6) is 2.20. The van der Waals surface area contributed by atoms with Crippen LogP contribution in [0.5, 0.6) is 0 Å². The third-order valence-corrected chi connectivity index (χ3v) is 6.27. The van der Waals surface area contributed by atoms with E-state index in [1.165, 1.54) is 6.42 Å². The fourth-order valence-electron chi connectivity index (χ4n) is 5.32. The summed E-state index contributed by atoms with van der Waals surface area (Å²) in [5, 5.41) is 7.44. The number of carbonyl (C=O) groups is 1. The van der Waals surface area contributed by atoms with Crippen molar-refractivity contribution >= 4 is 5.78 Å². The average Bonchev–Trinajstić information content (AvgIpc) is 2.93. The van der Waals surface area contributed by atoms with Gasteiger partial charge in [-0.15, -0.1) is 0 Å². The second-order valence-corrected chi connectivity index (χ2v) is 9.01. The maximum Gasteiger partial charge on any atom is 0.152 e. The molecule has 0 amide bonds. The topological polar surface area (TPSA) is 44.4 Å². The molecule has 0 saturated carbocycles. The van der Waals surface area contributed by atoms with Crippen molar-refractivity contribution in [1.29, 1.82) is 0 Å². The van der Waals surface area contributed by atoms with Crippen molar-refractivity contribution in [3.63, 3.8) is 0 Å². The molecule has 126 valence electrons. The summed E-state index contributed by atoms with van der Waals surface area (Å²) in [6.45, 7) is 13.3. The number of nitrogens with zero attached hydrogens (tertiary/aromatic N) is 1. The summed E-state index contributed by atoms with van der Waals surface area (Å²) < 4.78 is 0. The Morgan fingerprint density at radius 3 is 2.55 bits per heavy atom. The molecular formula is C18H33N3O. The Morgan fingerprint density at radius 1 is 1.27 bits per heavy atom. The van der Waals surface area contributed by atoms with Crippen molar-refractivity contribution in [2.75, 3.05) is 20.1 Å². The van der Waals surface area contributed by atoms with Gasteiger partial charge in [0.1, 0.15) is 0 Å². The van der Waals surface area contributed by atoms with Crippen LogP contribution < -0.4 is 10.6 Å². The lowest BCUT2D eigenvalue weighted by atomic mass is 9.65. The molecule has 22 heavy (non-hydrogen) atoms. The van der Waals surface area contributed by atoms with Crippen LogP contribution in [-0.2, 0) is 4.79 Å². The predicted molar refractivity (Wildman–Crippen MR) is 89.5 cm³/mol. The maximum absolute atomic E-state index is 12.9. The van der Waals surface area contributed by atoms with Gasteiger partial charge in [0, 0.05) is 12.0 Å². The Kier molecular flexibility index (Phi) is 4.15. The Bertz CT molecular complexity index is 442. The van der Waals surface area contributed by atoms with E-state index in [0.29, 0.717) is 35.7 Å². The highest BCUT2D eigenvalue weighted by atomic mass is 16.1. The highest BCUT2D eigenvalue weighted by Gasteiger charge is 2.61. The summed E-state index contributed by atoms with van der Waals surface area (Å²) in [5.41, 5.74) is 0.150. The van der Waals surface area contributed by atoms with Crippen LogP contribution in [0.1, 0.15) is 41.0 Å². The van der Waals surface area contributed by atoms with Crippen LogP contribution in [0.15, 0.2) is 0 Å². The van der Waals surface area contributed by atoms with Gasteiger partial charge in [-0.05, 0) is 49.7 Å². The van der Waals surface area contributed by atoms with Crippen LogP contribution in [0.3, 0.4) is 0 Å². The second kappa shape index (κ2) is 5.57. The lowest BCUT2D eigenvalue weighted by Gasteiger charge is -2.40. The van der Waals surface area contributed by atoms with Crippen LogP contribution in [0.4, 0.5) is 0 Å². The molecule has 0 aromatic rings. The molecule has 0 aromatic carbocycles. The van der Waals surface area contributed by atoms with Gasteiger partial charge in [0.25, 0.3) is 0 Å². The number of Topliss-reactive ketones (excluding diaryl/α,β-unsaturated/α-hetero) is 1. The van der Waals surface area contributed by atoms with Gasteiger partial charge in [0.05, 0.1) is 12.2 Å². The quantitative estimate of drug-likeness (QED) is 0.815. The fraction of sp³-hybridized carbons (Fsp3) is 0.944. The average molecular weight is 307 g/mol. The molecule has 3 saturated heterocycles. The molecule has 3 fully saturated rings. The molecule has 4 nitrogen and oxygen atoms in total. The molecule has 6 atom stereocenters. The monoisotopic (exact) mass is 307 g/mol. The molecule has 6 unspecified atom stereocenters. The van der Waals surface area contributed by atoms with Gasteiger partial charge >= 0.3 is 0 Å². The van der Waals surface area contributed by atoms with E-state index in [1.807, 2.05) is 13.8 Å². The predicted octanol–water partition coefficient (Wildman–Crippen LogP) is 1.71. The summed E-state index contributed by atoms with van der Waals surface area (Å²) in [7, 11) is 2.16. The van der Waals surface area contributed by atoms with Crippen LogP contribution >= 0.6 is 0 Å². The van der Waals surface area contributed by atoms with Crippen molar-refractivity contribution in [2.45, 2.75) is 59.3 Å². The molecule has 0 radical (unpaired) electrons. The third-order valence-electron chi connectivity index (χ3n) is 6.27. The van der Waals surface area contributed by atoms with Crippen molar-refractivity contribution in [1.82, 2.24) is 15.5 Å². The van der Waals surface area contributed by atoms with Crippen molar-refractivity contribution in [3.05, 3.63) is 0 Å². The molecule has 0 bridgehead atoms. The lowest BCUT2D eigenvalue weighted by molar-refractivity contribution is -0.129. The largest absolute Gasteiger partial charge is 0.316 e. The Balaban J connectivity index is 1.96. The number of likely N-dealkylation sites (tertiary alicyclic amines) is 1. The van der Waals surface area contributed by atoms with Gasteiger partial charge in [-0.2, -0.15) is 0 Å². The molecule has 0 aliphatic carbocycles. The number of rotatable bonds is 2. The summed E-state index contributed by atoms with van der Waals surface area (Å²) in [6, 6.07) is 0.684. The van der Waals surface area contributed by atoms with Gasteiger partial charge in [0.2, 0.25) is 0 Å². The third kappa shape index (κ3) is 2.44. The van der Waals surface area contributed by atoms with E-state index < -0.39 is 0 Å². The molecule has 3 heterocycles. The van der Waals surface area contributed by atoms with Crippen molar-refractivity contribution < 1.29 is 4.79 Å². The summed E-state index contributed by atoms with van der Waals surface area (Å²) in [6.07, 6.45) is 1.58. The van der Waals surface area contributed by atoms with E-state index in [1.54, 1.807) is 0 Å². The van der Waals surface area contributed by atoms with Crippen LogP contribution in [0, 0.1) is 29.1 Å². The zero-order valence-electron chi connectivity index (χ0n) is 15.0. The number of fused-ring (bicyclic) bond motifs is 3. The van der Waals surface area contributed by atoms with Crippen LogP contribution in [0.2, 0.25) is 0 Å². The molecule has 3 rings (SSSR count). The van der Waals surface area contributed by atoms with Gasteiger partial charge in [-0.25, -0.2) is 0 Å². The first kappa shape index (κ1) is 16.4. The smallest absolute Gasteiger partial charge is 0.152 e. The Hall–Kier alpha value is -0.450. The minimum Gasteiger partial charge on any atom is -0.316 e. The van der Waals surface area contributed by atoms with Crippen molar-refractivity contribution in [2.24, 2.45) is 29.1 Å². The Labute approximate surface area is 135 Å². The molecule has 3 aliphatic rings. The highest BCUT2D eigenvalue weighted by molar-refractivity contribution is 5.86. The van der Waals surface area contributed by atoms with Crippen LogP contribution in [-0.4, -0.2) is 49.1 Å². The number of ketones is 1. The Morgan fingerprint density at radius 2 is 1.95 bits per heavy atom. The van der Waals surface area contributed by atoms with Crippen molar-refractivity contribution in [3.8, 4) is 0 Å². The van der Waals surface area contributed by atoms with Gasteiger partial charge in [-0.1, -0.05) is 34.6 Å². The number of carbonyl (C=O) groups excluding carboxylic acids is 1. The first-order valence-corrected chi connectivity index (χ1v) is 8.96. The van der Waals surface area contributed by atoms with Gasteiger partial charge < -0.3 is 5.32 Å². The second-order valence-electron chi connectivity index (χ2n) is 9.01. The van der Waals surface area contributed by atoms with E-state index in [-0.39, 0.29) is 17.4 Å². The molecular weight excluding hydrogens is 274 g/mol. The number of hydrogen-bond donors (Lipinski definition) is 2. The van der Waals surface area contributed by atoms with E-state index in [4.69, 9.17) is 0 Å². The number of piperidine rings is 1. The maximum atomic E-state index is 12.9. The molecule has 3 aliphatic heterocycles. The van der Waals surface area contributed by atoms with E-state index in [9.17, 15) is 4.79 Å². The van der Waals surface area contributed by atoms with E-state index >= 15 is 0 Å². The summed E-state index contributed by atoms with van der Waals surface area (Å²) in [4.78, 5) is 15.3. The standard InChI is InChI=1S/C18H33N3O/c1-10(2)16(22)15-14(18(3,4)5)13-11-9-19-8-7-12(11)20-17(13)21(15)6/h10-15,17,19-20H,7-9H2,1-6H3. The first-order valence-electron chi connectivity index (χ1n) is 8.96. The van der Waals surface area contributed by atoms with E-state index in [0.717, 1.165) is 13.1 Å².